The van der Waals surface area contributed by atoms with E-state index < -0.39 is 0 Å². The van der Waals surface area contributed by atoms with Crippen LogP contribution in [0.3, 0.4) is 0 Å². The lowest BCUT2D eigenvalue weighted by Crippen LogP contribution is -1.80. The molecule has 19 heavy (non-hydrogen) atoms. The van der Waals surface area contributed by atoms with Crippen molar-refractivity contribution < 1.29 is 0 Å². The predicted octanol–water partition coefficient (Wildman–Crippen LogP) is 5.00. The zero-order valence-electron chi connectivity index (χ0n) is 10.2. The Morgan fingerprint density at radius 3 is 2.05 bits per heavy atom. The maximum Gasteiger partial charge on any atom is 0.0397 e. The second kappa shape index (κ2) is 5.30. The third-order valence-corrected chi connectivity index (χ3v) is 3.61. The number of hydrogen-bond donors (Lipinski definition) is 0. The molecule has 3 rings (SSSR count). The van der Waals surface area contributed by atoms with Gasteiger partial charge in [-0.25, -0.2) is 0 Å². The van der Waals surface area contributed by atoms with Gasteiger partial charge in [0.1, 0.15) is 0 Å². The number of fused-ring (bicyclic) bond motifs is 1. The Balaban J connectivity index is 2.06. The fourth-order valence-corrected chi connectivity index (χ4v) is 2.43. The van der Waals surface area contributed by atoms with Gasteiger partial charge in [0.25, 0.3) is 0 Å². The topological polar surface area (TPSA) is 0 Å². The van der Waals surface area contributed by atoms with Gasteiger partial charge in [-0.1, -0.05) is 54.3 Å². The average Bonchev–Trinajstić information content (AvgIpc) is 2.46. The highest BCUT2D eigenvalue weighted by molar-refractivity contribution is 9.10. The molecule has 0 N–H and O–H groups in total. The van der Waals surface area contributed by atoms with Gasteiger partial charge in [0, 0.05) is 15.6 Å². The molecule has 0 heterocycles. The average molecular weight is 307 g/mol. The summed E-state index contributed by atoms with van der Waals surface area (Å²) < 4.78 is 1.04. The molecule has 3 aromatic carbocycles. The van der Waals surface area contributed by atoms with E-state index in [-0.39, 0.29) is 0 Å². The SMILES string of the molecule is Brc1cc2ccccc2cc1C#Cc1ccccc1. The summed E-state index contributed by atoms with van der Waals surface area (Å²) in [6.45, 7) is 0. The first-order valence-electron chi connectivity index (χ1n) is 6.08. The standard InChI is InChI=1S/C18H11Br/c19-18-13-16-9-5-4-8-15(16)12-17(18)11-10-14-6-2-1-3-7-14/h1-9,12-13H. The number of benzene rings is 3. The molecule has 0 saturated heterocycles. The fourth-order valence-electron chi connectivity index (χ4n) is 1.97. The summed E-state index contributed by atoms with van der Waals surface area (Å²) in [4.78, 5) is 0. The summed E-state index contributed by atoms with van der Waals surface area (Å²) in [6, 6.07) is 22.6. The normalized spacial score (nSPS) is 9.95. The van der Waals surface area contributed by atoms with Gasteiger partial charge in [0.2, 0.25) is 0 Å². The van der Waals surface area contributed by atoms with Crippen LogP contribution in [0.1, 0.15) is 11.1 Å². The van der Waals surface area contributed by atoms with Crippen molar-refractivity contribution in [1.29, 1.82) is 0 Å². The highest BCUT2D eigenvalue weighted by Gasteiger charge is 1.99. The number of halogens is 1. The molecule has 1 heteroatoms. The van der Waals surface area contributed by atoms with E-state index in [9.17, 15) is 0 Å². The molecule has 0 bridgehead atoms. The largest absolute Gasteiger partial charge is 0.0622 e. The monoisotopic (exact) mass is 306 g/mol. The summed E-state index contributed by atoms with van der Waals surface area (Å²) in [5.74, 6) is 6.41. The molecule has 0 aromatic heterocycles. The second-order valence-corrected chi connectivity index (χ2v) is 5.15. The van der Waals surface area contributed by atoms with Crippen LogP contribution in [-0.2, 0) is 0 Å². The van der Waals surface area contributed by atoms with Gasteiger partial charge in [0.05, 0.1) is 0 Å². The van der Waals surface area contributed by atoms with Gasteiger partial charge in [0.15, 0.2) is 0 Å². The lowest BCUT2D eigenvalue weighted by atomic mass is 10.1. The molecule has 0 spiro atoms. The highest BCUT2D eigenvalue weighted by Crippen LogP contribution is 2.23. The van der Waals surface area contributed by atoms with Crippen molar-refractivity contribution in [2.24, 2.45) is 0 Å². The van der Waals surface area contributed by atoms with Crippen molar-refractivity contribution in [2.45, 2.75) is 0 Å². The first-order chi connectivity index (χ1) is 9.33. The Hall–Kier alpha value is -2.04. The summed E-state index contributed by atoms with van der Waals surface area (Å²) >= 11 is 3.59. The van der Waals surface area contributed by atoms with Crippen LogP contribution in [-0.4, -0.2) is 0 Å². The predicted molar refractivity (Wildman–Crippen MR) is 84.1 cm³/mol. The number of rotatable bonds is 0. The van der Waals surface area contributed by atoms with Gasteiger partial charge in [-0.15, -0.1) is 0 Å². The van der Waals surface area contributed by atoms with Crippen molar-refractivity contribution >= 4 is 26.7 Å². The smallest absolute Gasteiger partial charge is 0.0397 e. The third-order valence-electron chi connectivity index (χ3n) is 2.95. The minimum Gasteiger partial charge on any atom is -0.0622 e. The summed E-state index contributed by atoms with van der Waals surface area (Å²) in [5.41, 5.74) is 2.05. The second-order valence-electron chi connectivity index (χ2n) is 4.30. The van der Waals surface area contributed by atoms with E-state index >= 15 is 0 Å². The van der Waals surface area contributed by atoms with Crippen LogP contribution >= 0.6 is 15.9 Å². The van der Waals surface area contributed by atoms with Crippen LogP contribution in [0.15, 0.2) is 71.2 Å². The number of hydrogen-bond acceptors (Lipinski definition) is 0. The Labute approximate surface area is 121 Å². The summed E-state index contributed by atoms with van der Waals surface area (Å²) in [5, 5.41) is 2.43. The van der Waals surface area contributed by atoms with Crippen molar-refractivity contribution in [1.82, 2.24) is 0 Å². The molecule has 0 aliphatic carbocycles. The maximum absolute atomic E-state index is 3.59. The quantitative estimate of drug-likeness (QED) is 0.513. The minimum atomic E-state index is 1.02. The van der Waals surface area contributed by atoms with Crippen LogP contribution in [0, 0.1) is 11.8 Å². The van der Waals surface area contributed by atoms with Gasteiger partial charge in [-0.2, -0.15) is 0 Å². The van der Waals surface area contributed by atoms with E-state index in [0.29, 0.717) is 0 Å². The Morgan fingerprint density at radius 1 is 0.684 bits per heavy atom. The minimum absolute atomic E-state index is 1.02. The Kier molecular flexibility index (Phi) is 3.35. The zero-order chi connectivity index (χ0) is 13.1. The first kappa shape index (κ1) is 12.0. The van der Waals surface area contributed by atoms with Crippen LogP contribution in [0.2, 0.25) is 0 Å². The lowest BCUT2D eigenvalue weighted by Gasteiger charge is -2.01. The lowest BCUT2D eigenvalue weighted by molar-refractivity contribution is 1.62. The van der Waals surface area contributed by atoms with Gasteiger partial charge in [-0.05, 0) is 51.0 Å². The van der Waals surface area contributed by atoms with E-state index in [1.54, 1.807) is 0 Å². The molecule has 0 amide bonds. The van der Waals surface area contributed by atoms with E-state index in [1.165, 1.54) is 10.8 Å². The fraction of sp³-hybridized carbons (Fsp3) is 0. The van der Waals surface area contributed by atoms with E-state index in [1.807, 2.05) is 42.5 Å². The van der Waals surface area contributed by atoms with Gasteiger partial charge in [-0.3, -0.25) is 0 Å². The molecule has 0 radical (unpaired) electrons. The molecule has 0 saturated carbocycles. The highest BCUT2D eigenvalue weighted by atomic mass is 79.9. The molecular weight excluding hydrogens is 296 g/mol. The molecule has 3 aromatic rings. The maximum atomic E-state index is 3.59. The van der Waals surface area contributed by atoms with Crippen LogP contribution in [0.25, 0.3) is 10.8 Å². The van der Waals surface area contributed by atoms with E-state index in [0.717, 1.165) is 15.6 Å². The van der Waals surface area contributed by atoms with Crippen LogP contribution < -0.4 is 0 Å². The molecule has 0 fully saturated rings. The van der Waals surface area contributed by atoms with Crippen LogP contribution in [0.5, 0.6) is 0 Å². The molecule has 0 unspecified atom stereocenters. The van der Waals surface area contributed by atoms with Gasteiger partial charge >= 0.3 is 0 Å². The molecule has 90 valence electrons. The van der Waals surface area contributed by atoms with Crippen molar-refractivity contribution in [3.05, 3.63) is 82.3 Å². The Morgan fingerprint density at radius 2 is 1.32 bits per heavy atom. The van der Waals surface area contributed by atoms with Gasteiger partial charge < -0.3 is 0 Å². The van der Waals surface area contributed by atoms with Crippen LogP contribution in [0.4, 0.5) is 0 Å². The Bertz CT molecular complexity index is 777. The summed E-state index contributed by atoms with van der Waals surface area (Å²) in [6.07, 6.45) is 0. The first-order valence-corrected chi connectivity index (χ1v) is 6.87. The third kappa shape index (κ3) is 2.70. The molecule has 0 aliphatic rings. The summed E-state index contributed by atoms with van der Waals surface area (Å²) in [7, 11) is 0. The molecular formula is C18H11Br. The zero-order valence-corrected chi connectivity index (χ0v) is 11.8. The van der Waals surface area contributed by atoms with Crippen molar-refractivity contribution in [3.8, 4) is 11.8 Å². The molecule has 0 aliphatic heterocycles. The van der Waals surface area contributed by atoms with Crippen molar-refractivity contribution in [2.75, 3.05) is 0 Å². The van der Waals surface area contributed by atoms with Crippen molar-refractivity contribution in [3.63, 3.8) is 0 Å². The van der Waals surface area contributed by atoms with E-state index in [2.05, 4.69) is 52.0 Å². The van der Waals surface area contributed by atoms with E-state index in [4.69, 9.17) is 0 Å². The molecule has 0 nitrogen and oxygen atoms in total. The molecule has 0 atom stereocenters.